The molecule has 0 aliphatic carbocycles. The number of hydrogen-bond acceptors (Lipinski definition) is 2. The second kappa shape index (κ2) is 5.82. The maximum Gasteiger partial charge on any atom is 0.251 e. The second-order valence-electron chi connectivity index (χ2n) is 6.85. The van der Waals surface area contributed by atoms with Crippen LogP contribution < -0.4 is 5.32 Å². The second-order valence-corrected chi connectivity index (χ2v) is 6.85. The van der Waals surface area contributed by atoms with Crippen molar-refractivity contribution in [1.29, 1.82) is 0 Å². The van der Waals surface area contributed by atoms with Gasteiger partial charge in [0, 0.05) is 37.7 Å². The van der Waals surface area contributed by atoms with E-state index in [-0.39, 0.29) is 5.91 Å². The van der Waals surface area contributed by atoms with Crippen LogP contribution in [0.4, 0.5) is 0 Å². The van der Waals surface area contributed by atoms with Gasteiger partial charge in [-0.25, -0.2) is 0 Å². The maximum atomic E-state index is 12.2. The monoisotopic (exact) mass is 306 g/mol. The van der Waals surface area contributed by atoms with Crippen molar-refractivity contribution in [1.82, 2.24) is 10.2 Å². The van der Waals surface area contributed by atoms with E-state index in [9.17, 15) is 4.79 Å². The van der Waals surface area contributed by atoms with Crippen molar-refractivity contribution in [3.8, 4) is 0 Å². The molecule has 4 rings (SSSR count). The highest BCUT2D eigenvalue weighted by molar-refractivity contribution is 5.96. The topological polar surface area (TPSA) is 32.3 Å². The summed E-state index contributed by atoms with van der Waals surface area (Å²) >= 11 is 0. The van der Waals surface area contributed by atoms with Crippen molar-refractivity contribution in [2.24, 2.45) is 5.92 Å². The molecule has 2 aliphatic heterocycles. The van der Waals surface area contributed by atoms with Crippen molar-refractivity contribution in [2.45, 2.75) is 19.4 Å². The lowest BCUT2D eigenvalue weighted by atomic mass is 9.87. The highest BCUT2D eigenvalue weighted by Crippen LogP contribution is 2.36. The number of carbonyl (C=O) groups excluding carboxylic acids is 1. The van der Waals surface area contributed by atoms with E-state index in [1.165, 1.54) is 16.7 Å². The number of carbonyl (C=O) groups is 1. The molecule has 118 valence electrons. The third-order valence-corrected chi connectivity index (χ3v) is 5.13. The fraction of sp³-hybridized carbons (Fsp3) is 0.350. The van der Waals surface area contributed by atoms with Crippen LogP contribution in [0.5, 0.6) is 0 Å². The standard InChI is InChI=1S/C20H22N2O/c1-14-5-4-6-15(9-14)11-22-12-16-10-21-20(23)18-8-3-2-7-17(18)19(16)13-22/h2-9,16,19H,10-13H2,1H3,(H,21,23)/t16-,19-/m0/s1. The van der Waals surface area contributed by atoms with Gasteiger partial charge >= 0.3 is 0 Å². The molecule has 2 aromatic carbocycles. The van der Waals surface area contributed by atoms with Gasteiger partial charge in [0.2, 0.25) is 0 Å². The third kappa shape index (κ3) is 2.77. The molecule has 2 aliphatic rings. The van der Waals surface area contributed by atoms with Crippen LogP contribution in [0.3, 0.4) is 0 Å². The summed E-state index contributed by atoms with van der Waals surface area (Å²) in [6, 6.07) is 16.8. The van der Waals surface area contributed by atoms with Gasteiger partial charge in [0.05, 0.1) is 0 Å². The number of rotatable bonds is 2. The predicted molar refractivity (Wildman–Crippen MR) is 91.5 cm³/mol. The van der Waals surface area contributed by atoms with E-state index in [0.29, 0.717) is 11.8 Å². The number of nitrogens with one attached hydrogen (secondary N) is 1. The van der Waals surface area contributed by atoms with Crippen LogP contribution in [-0.2, 0) is 6.54 Å². The smallest absolute Gasteiger partial charge is 0.251 e. The minimum Gasteiger partial charge on any atom is -0.352 e. The number of nitrogens with zero attached hydrogens (tertiary/aromatic N) is 1. The Hall–Kier alpha value is -2.13. The molecule has 1 fully saturated rings. The fourth-order valence-electron chi connectivity index (χ4n) is 4.06. The molecule has 2 heterocycles. The van der Waals surface area contributed by atoms with Gasteiger partial charge in [-0.2, -0.15) is 0 Å². The lowest BCUT2D eigenvalue weighted by Crippen LogP contribution is -2.29. The van der Waals surface area contributed by atoms with E-state index < -0.39 is 0 Å². The fourth-order valence-corrected chi connectivity index (χ4v) is 4.06. The van der Waals surface area contributed by atoms with Gasteiger partial charge in [-0.05, 0) is 30.0 Å². The summed E-state index contributed by atoms with van der Waals surface area (Å²) < 4.78 is 0. The minimum atomic E-state index is 0.0836. The zero-order valence-electron chi connectivity index (χ0n) is 13.5. The largest absolute Gasteiger partial charge is 0.352 e. The molecule has 0 spiro atoms. The van der Waals surface area contributed by atoms with E-state index in [4.69, 9.17) is 0 Å². The zero-order valence-corrected chi connectivity index (χ0v) is 13.5. The Morgan fingerprint density at radius 2 is 2.00 bits per heavy atom. The van der Waals surface area contributed by atoms with E-state index in [2.05, 4.69) is 53.5 Å². The molecule has 0 bridgehead atoms. The molecular weight excluding hydrogens is 284 g/mol. The average Bonchev–Trinajstić information content (AvgIpc) is 2.90. The van der Waals surface area contributed by atoms with Crippen LogP contribution in [0.25, 0.3) is 0 Å². The predicted octanol–water partition coefficient (Wildman–Crippen LogP) is 2.95. The van der Waals surface area contributed by atoms with Crippen LogP contribution in [0.1, 0.15) is 33.0 Å². The van der Waals surface area contributed by atoms with Crippen LogP contribution in [-0.4, -0.2) is 30.4 Å². The number of benzene rings is 2. The van der Waals surface area contributed by atoms with Gasteiger partial charge in [0.1, 0.15) is 0 Å². The molecule has 3 nitrogen and oxygen atoms in total. The molecule has 23 heavy (non-hydrogen) atoms. The summed E-state index contributed by atoms with van der Waals surface area (Å²) in [6.45, 7) is 5.99. The SMILES string of the molecule is Cc1cccc(CN2C[C@@H]3CNC(=O)c4ccccc4[C@H]3C2)c1. The summed E-state index contributed by atoms with van der Waals surface area (Å²) in [4.78, 5) is 14.7. The number of hydrogen-bond donors (Lipinski definition) is 1. The molecular formula is C20H22N2O. The first-order chi connectivity index (χ1) is 11.2. The molecule has 0 radical (unpaired) electrons. The van der Waals surface area contributed by atoms with Crippen molar-refractivity contribution in [2.75, 3.05) is 19.6 Å². The van der Waals surface area contributed by atoms with Gasteiger partial charge in [-0.1, -0.05) is 48.0 Å². The molecule has 0 aromatic heterocycles. The number of fused-ring (bicyclic) bond motifs is 3. The number of amides is 1. The number of aryl methyl sites for hydroxylation is 1. The van der Waals surface area contributed by atoms with Crippen molar-refractivity contribution in [3.63, 3.8) is 0 Å². The summed E-state index contributed by atoms with van der Waals surface area (Å²) in [5.41, 5.74) is 4.77. The highest BCUT2D eigenvalue weighted by Gasteiger charge is 2.37. The van der Waals surface area contributed by atoms with Crippen LogP contribution >= 0.6 is 0 Å². The molecule has 1 saturated heterocycles. The van der Waals surface area contributed by atoms with Gasteiger partial charge in [-0.3, -0.25) is 9.69 Å². The van der Waals surface area contributed by atoms with Crippen LogP contribution in [0.15, 0.2) is 48.5 Å². The Morgan fingerprint density at radius 1 is 1.13 bits per heavy atom. The Kier molecular flexibility index (Phi) is 3.66. The van der Waals surface area contributed by atoms with Crippen molar-refractivity contribution < 1.29 is 4.79 Å². The van der Waals surface area contributed by atoms with Gasteiger partial charge in [-0.15, -0.1) is 0 Å². The summed E-state index contributed by atoms with van der Waals surface area (Å²) in [5.74, 6) is 1.04. The maximum absolute atomic E-state index is 12.2. The third-order valence-electron chi connectivity index (χ3n) is 5.13. The lowest BCUT2D eigenvalue weighted by molar-refractivity contribution is 0.0951. The lowest BCUT2D eigenvalue weighted by Gasteiger charge is -2.17. The van der Waals surface area contributed by atoms with Crippen LogP contribution in [0, 0.1) is 12.8 Å². The summed E-state index contributed by atoms with van der Waals surface area (Å²) in [6.07, 6.45) is 0. The minimum absolute atomic E-state index is 0.0836. The molecule has 2 atom stereocenters. The van der Waals surface area contributed by atoms with E-state index in [1.54, 1.807) is 0 Å². The zero-order chi connectivity index (χ0) is 15.8. The molecule has 1 amide bonds. The molecule has 1 N–H and O–H groups in total. The molecule has 3 heteroatoms. The molecule has 2 aromatic rings. The van der Waals surface area contributed by atoms with E-state index in [0.717, 1.165) is 31.7 Å². The molecule has 0 saturated carbocycles. The Bertz CT molecular complexity index is 740. The van der Waals surface area contributed by atoms with E-state index >= 15 is 0 Å². The highest BCUT2D eigenvalue weighted by atomic mass is 16.1. The quantitative estimate of drug-likeness (QED) is 0.925. The van der Waals surface area contributed by atoms with Crippen LogP contribution in [0.2, 0.25) is 0 Å². The van der Waals surface area contributed by atoms with Crippen molar-refractivity contribution >= 4 is 5.91 Å². The first-order valence-electron chi connectivity index (χ1n) is 8.36. The van der Waals surface area contributed by atoms with Gasteiger partial charge in [0.15, 0.2) is 0 Å². The summed E-state index contributed by atoms with van der Waals surface area (Å²) in [7, 11) is 0. The average molecular weight is 306 g/mol. The normalized spacial score (nSPS) is 23.8. The Morgan fingerprint density at radius 3 is 2.87 bits per heavy atom. The summed E-state index contributed by atoms with van der Waals surface area (Å²) in [5, 5.41) is 3.10. The Labute approximate surface area is 137 Å². The van der Waals surface area contributed by atoms with E-state index in [1.807, 2.05) is 12.1 Å². The first kappa shape index (κ1) is 14.5. The molecule has 0 unspecified atom stereocenters. The number of likely N-dealkylation sites (tertiary alicyclic amines) is 1. The van der Waals surface area contributed by atoms with Crippen molar-refractivity contribution in [3.05, 3.63) is 70.8 Å². The Balaban J connectivity index is 1.57. The van der Waals surface area contributed by atoms with Gasteiger partial charge < -0.3 is 5.32 Å². The first-order valence-corrected chi connectivity index (χ1v) is 8.36. The van der Waals surface area contributed by atoms with Gasteiger partial charge in [0.25, 0.3) is 5.91 Å².